The van der Waals surface area contributed by atoms with Gasteiger partial charge in [0, 0.05) is 6.54 Å². The first-order valence-electron chi connectivity index (χ1n) is 2.12. The third-order valence-corrected chi connectivity index (χ3v) is 0.701. The Morgan fingerprint density at radius 3 is 2.50 bits per heavy atom. The molecule has 48 valence electrons. The summed E-state index contributed by atoms with van der Waals surface area (Å²) in [6, 6.07) is -0.806. The molecule has 5 heteroatoms. The first-order chi connectivity index (χ1) is 3.72. The van der Waals surface area contributed by atoms with Gasteiger partial charge in [-0.05, 0) is 0 Å². The SMILES string of the molecule is NC[C@H](N)C(=O)NO. The number of amides is 1. The smallest absolute Gasteiger partial charge is 0.261 e. The average Bonchev–Trinajstić information content (AvgIpc) is 1.84. The summed E-state index contributed by atoms with van der Waals surface area (Å²) in [5, 5.41) is 7.90. The highest BCUT2D eigenvalue weighted by Crippen LogP contribution is 1.69. The van der Waals surface area contributed by atoms with Gasteiger partial charge in [0.25, 0.3) is 5.91 Å². The normalized spacial score (nSPS) is 12.9. The fraction of sp³-hybridized carbons (Fsp3) is 0.667. The topological polar surface area (TPSA) is 101 Å². The summed E-state index contributed by atoms with van der Waals surface area (Å²) in [5.74, 6) is -0.660. The minimum absolute atomic E-state index is 0.0341. The quantitative estimate of drug-likeness (QED) is 0.244. The van der Waals surface area contributed by atoms with Gasteiger partial charge in [0.2, 0.25) is 0 Å². The lowest BCUT2D eigenvalue weighted by Crippen LogP contribution is -2.44. The summed E-state index contributed by atoms with van der Waals surface area (Å²) in [6.07, 6.45) is 0. The van der Waals surface area contributed by atoms with Crippen molar-refractivity contribution in [2.45, 2.75) is 6.04 Å². The van der Waals surface area contributed by atoms with Crippen molar-refractivity contribution in [2.75, 3.05) is 6.54 Å². The molecule has 0 heterocycles. The maximum Gasteiger partial charge on any atom is 0.261 e. The zero-order valence-electron chi connectivity index (χ0n) is 4.29. The molecule has 0 bridgehead atoms. The summed E-state index contributed by atoms with van der Waals surface area (Å²) < 4.78 is 0. The Balaban J connectivity index is 3.46. The number of nitrogens with one attached hydrogen (secondary N) is 1. The molecule has 0 rings (SSSR count). The Morgan fingerprint density at radius 1 is 1.88 bits per heavy atom. The van der Waals surface area contributed by atoms with Gasteiger partial charge in [-0.3, -0.25) is 10.0 Å². The van der Waals surface area contributed by atoms with E-state index in [2.05, 4.69) is 0 Å². The molecule has 0 aliphatic carbocycles. The molecule has 0 aromatic carbocycles. The molecular formula is C3H9N3O2. The first kappa shape index (κ1) is 7.35. The van der Waals surface area contributed by atoms with Gasteiger partial charge in [-0.2, -0.15) is 0 Å². The van der Waals surface area contributed by atoms with Gasteiger partial charge in [-0.15, -0.1) is 0 Å². The number of hydrogen-bond acceptors (Lipinski definition) is 4. The first-order valence-corrected chi connectivity index (χ1v) is 2.12. The van der Waals surface area contributed by atoms with E-state index in [0.29, 0.717) is 0 Å². The highest BCUT2D eigenvalue weighted by Gasteiger charge is 2.07. The minimum Gasteiger partial charge on any atom is -0.328 e. The lowest BCUT2D eigenvalue weighted by molar-refractivity contribution is -0.130. The molecule has 0 aromatic heterocycles. The maximum absolute atomic E-state index is 10.2. The number of carbonyl (C=O) groups is 1. The van der Waals surface area contributed by atoms with E-state index in [1.54, 1.807) is 0 Å². The van der Waals surface area contributed by atoms with Crippen molar-refractivity contribution in [3.8, 4) is 0 Å². The van der Waals surface area contributed by atoms with Crippen LogP contribution in [0.3, 0.4) is 0 Å². The zero-order valence-corrected chi connectivity index (χ0v) is 4.29. The van der Waals surface area contributed by atoms with E-state index < -0.39 is 11.9 Å². The van der Waals surface area contributed by atoms with Crippen molar-refractivity contribution in [2.24, 2.45) is 11.5 Å². The predicted octanol–water partition coefficient (Wildman–Crippen LogP) is -2.22. The third kappa shape index (κ3) is 1.87. The molecule has 1 atom stereocenters. The van der Waals surface area contributed by atoms with E-state index in [1.165, 1.54) is 5.48 Å². The van der Waals surface area contributed by atoms with E-state index >= 15 is 0 Å². The monoisotopic (exact) mass is 119 g/mol. The van der Waals surface area contributed by atoms with Crippen LogP contribution in [0.15, 0.2) is 0 Å². The van der Waals surface area contributed by atoms with Crippen molar-refractivity contribution >= 4 is 5.91 Å². The van der Waals surface area contributed by atoms with Crippen molar-refractivity contribution < 1.29 is 10.0 Å². The van der Waals surface area contributed by atoms with Gasteiger partial charge in [-0.1, -0.05) is 0 Å². The summed E-state index contributed by atoms with van der Waals surface area (Å²) in [7, 11) is 0. The second-order valence-corrected chi connectivity index (χ2v) is 1.32. The molecule has 0 fully saturated rings. The van der Waals surface area contributed by atoms with Crippen molar-refractivity contribution in [1.29, 1.82) is 0 Å². The molecule has 1 amide bonds. The number of rotatable bonds is 2. The van der Waals surface area contributed by atoms with Gasteiger partial charge in [0.05, 0.1) is 6.04 Å². The molecule has 0 aliphatic heterocycles. The van der Waals surface area contributed by atoms with Crippen LogP contribution in [-0.2, 0) is 4.79 Å². The van der Waals surface area contributed by atoms with E-state index in [4.69, 9.17) is 16.7 Å². The summed E-state index contributed by atoms with van der Waals surface area (Å²) >= 11 is 0. The fourth-order valence-corrected chi connectivity index (χ4v) is 0.190. The Morgan fingerprint density at radius 2 is 2.38 bits per heavy atom. The Hall–Kier alpha value is -0.650. The standard InChI is InChI=1S/C3H9N3O2/c4-1-2(5)3(7)6-8/h2,8H,1,4-5H2,(H,6,7)/t2-/m0/s1. The molecule has 6 N–H and O–H groups in total. The van der Waals surface area contributed by atoms with Crippen molar-refractivity contribution in [3.05, 3.63) is 0 Å². The highest BCUT2D eigenvalue weighted by atomic mass is 16.5. The second-order valence-electron chi connectivity index (χ2n) is 1.32. The molecule has 0 aromatic rings. The van der Waals surface area contributed by atoms with Crippen LogP contribution in [0.4, 0.5) is 0 Å². The van der Waals surface area contributed by atoms with Gasteiger partial charge < -0.3 is 11.5 Å². The number of hydroxylamine groups is 1. The van der Waals surface area contributed by atoms with Crippen LogP contribution in [0.5, 0.6) is 0 Å². The second kappa shape index (κ2) is 3.36. The number of hydrogen-bond donors (Lipinski definition) is 4. The molecule has 0 aliphatic rings. The van der Waals surface area contributed by atoms with E-state index in [0.717, 1.165) is 0 Å². The number of carbonyl (C=O) groups excluding carboxylic acids is 1. The van der Waals surface area contributed by atoms with Crippen LogP contribution in [-0.4, -0.2) is 23.7 Å². The summed E-state index contributed by atoms with van der Waals surface area (Å²) in [5.41, 5.74) is 11.4. The van der Waals surface area contributed by atoms with Gasteiger partial charge in [0.1, 0.15) is 0 Å². The molecule has 0 unspecified atom stereocenters. The summed E-state index contributed by atoms with van der Waals surface area (Å²) in [6.45, 7) is 0.0341. The molecule has 0 saturated heterocycles. The molecule has 8 heavy (non-hydrogen) atoms. The van der Waals surface area contributed by atoms with Gasteiger partial charge in [-0.25, -0.2) is 5.48 Å². The van der Waals surface area contributed by atoms with E-state index in [-0.39, 0.29) is 6.54 Å². The van der Waals surface area contributed by atoms with Crippen LogP contribution in [0.25, 0.3) is 0 Å². The third-order valence-electron chi connectivity index (χ3n) is 0.701. The fourth-order valence-electron chi connectivity index (χ4n) is 0.190. The van der Waals surface area contributed by atoms with Crippen LogP contribution in [0.1, 0.15) is 0 Å². The number of nitrogens with two attached hydrogens (primary N) is 2. The van der Waals surface area contributed by atoms with Crippen molar-refractivity contribution in [1.82, 2.24) is 5.48 Å². The van der Waals surface area contributed by atoms with Crippen LogP contribution in [0, 0.1) is 0 Å². The predicted molar refractivity (Wildman–Crippen MR) is 27.0 cm³/mol. The molecular weight excluding hydrogens is 110 g/mol. The van der Waals surface area contributed by atoms with Crippen LogP contribution in [0.2, 0.25) is 0 Å². The Kier molecular flexibility index (Phi) is 3.09. The summed E-state index contributed by atoms with van der Waals surface area (Å²) in [4.78, 5) is 10.2. The largest absolute Gasteiger partial charge is 0.328 e. The van der Waals surface area contributed by atoms with E-state index in [9.17, 15) is 4.79 Å². The lowest BCUT2D eigenvalue weighted by atomic mass is 10.3. The van der Waals surface area contributed by atoms with Crippen LogP contribution >= 0.6 is 0 Å². The lowest BCUT2D eigenvalue weighted by Gasteiger charge is -2.02. The Bertz CT molecular complexity index is 84.6. The molecule has 0 saturated carbocycles. The molecule has 0 spiro atoms. The maximum atomic E-state index is 10.2. The Labute approximate surface area is 46.6 Å². The van der Waals surface area contributed by atoms with Gasteiger partial charge >= 0.3 is 0 Å². The van der Waals surface area contributed by atoms with Crippen LogP contribution < -0.4 is 16.9 Å². The van der Waals surface area contributed by atoms with E-state index in [1.807, 2.05) is 0 Å². The minimum atomic E-state index is -0.806. The zero-order chi connectivity index (χ0) is 6.57. The average molecular weight is 119 g/mol. The van der Waals surface area contributed by atoms with Crippen molar-refractivity contribution in [3.63, 3.8) is 0 Å². The molecule has 0 radical (unpaired) electrons. The molecule has 5 nitrogen and oxygen atoms in total. The highest BCUT2D eigenvalue weighted by molar-refractivity contribution is 5.80. The van der Waals surface area contributed by atoms with Gasteiger partial charge in [0.15, 0.2) is 0 Å².